The van der Waals surface area contributed by atoms with Crippen molar-refractivity contribution in [1.82, 2.24) is 0 Å². The molecule has 0 saturated heterocycles. The van der Waals surface area contributed by atoms with E-state index >= 15 is 0 Å². The van der Waals surface area contributed by atoms with Gasteiger partial charge in [-0.25, -0.2) is 0 Å². The van der Waals surface area contributed by atoms with Crippen LogP contribution < -0.4 is 30.3 Å². The molecule has 3 aliphatic heterocycles. The van der Waals surface area contributed by atoms with Gasteiger partial charge in [-0.3, -0.25) is 0 Å². The molecule has 3 aliphatic rings. The van der Waals surface area contributed by atoms with Crippen LogP contribution in [0.4, 0.5) is 17.1 Å². The molecule has 0 bridgehead atoms. The molecule has 0 saturated carbocycles. The third-order valence-corrected chi connectivity index (χ3v) is 12.6. The molecule has 9 rings (SSSR count). The van der Waals surface area contributed by atoms with Gasteiger partial charge in [0.1, 0.15) is 23.0 Å². The van der Waals surface area contributed by atoms with Crippen LogP contribution in [0.2, 0.25) is 0 Å². The Kier molecular flexibility index (Phi) is 3.68. The van der Waals surface area contributed by atoms with Crippen LogP contribution >= 0.6 is 6.04 Å². The monoisotopic (exact) mass is 511 g/mol. The van der Waals surface area contributed by atoms with Crippen molar-refractivity contribution in [2.45, 2.75) is 0 Å². The third kappa shape index (κ3) is 2.36. The fourth-order valence-corrected chi connectivity index (χ4v) is 11.3. The van der Waals surface area contributed by atoms with E-state index in [0.717, 1.165) is 77.5 Å². The Morgan fingerprint density at radius 1 is 0.541 bits per heavy atom. The summed E-state index contributed by atoms with van der Waals surface area (Å²) in [4.78, 5) is 2.35. The van der Waals surface area contributed by atoms with Crippen LogP contribution in [0.5, 0.6) is 23.0 Å². The molecule has 0 amide bonds. The first kappa shape index (κ1) is 20.0. The molecule has 3 nitrogen and oxygen atoms in total. The number of hydrogen-bond acceptors (Lipinski definition) is 4. The van der Waals surface area contributed by atoms with Gasteiger partial charge in [-0.15, -0.1) is 0 Å². The zero-order chi connectivity index (χ0) is 24.3. The number of fused-ring (bicyclic) bond motifs is 4. The Morgan fingerprint density at radius 3 is 1.62 bits per heavy atom. The Bertz CT molecular complexity index is 1920. The summed E-state index contributed by atoms with van der Waals surface area (Å²) in [6, 6.07) is 35.6. The van der Waals surface area contributed by atoms with Crippen LogP contribution in [0.1, 0.15) is 0 Å². The average Bonchev–Trinajstić information content (AvgIpc) is 2.93. The second-order valence-electron chi connectivity index (χ2n) is 9.68. The average molecular weight is 512 g/mol. The summed E-state index contributed by atoms with van der Waals surface area (Å²) in [7, 11) is 0. The van der Waals surface area contributed by atoms with Gasteiger partial charge in [0, 0.05) is 16.5 Å². The Labute approximate surface area is 218 Å². The van der Waals surface area contributed by atoms with Crippen LogP contribution in [0.15, 0.2) is 109 Å². The van der Waals surface area contributed by atoms with Crippen LogP contribution in [-0.4, -0.2) is 0 Å². The fraction of sp³-hybridized carbons (Fsp3) is 0. The van der Waals surface area contributed by atoms with Crippen LogP contribution in [0, 0.1) is 0 Å². The van der Waals surface area contributed by atoms with E-state index in [0.29, 0.717) is 0 Å². The lowest BCUT2D eigenvalue weighted by molar-refractivity contribution is 0.471. The summed E-state index contributed by atoms with van der Waals surface area (Å²) in [5.41, 5.74) is 3.28. The first-order valence-corrected chi connectivity index (χ1v) is 15.1. The number of hydrogen-bond donors (Lipinski definition) is 0. The van der Waals surface area contributed by atoms with E-state index in [4.69, 9.17) is 21.3 Å². The van der Waals surface area contributed by atoms with E-state index in [-0.39, 0.29) is 0 Å². The molecule has 174 valence electrons. The van der Waals surface area contributed by atoms with E-state index in [9.17, 15) is 0 Å². The molecule has 3 heterocycles. The molecule has 0 aromatic heterocycles. The van der Waals surface area contributed by atoms with Crippen molar-refractivity contribution in [3.05, 3.63) is 109 Å². The molecule has 0 fully saturated rings. The second-order valence-corrected chi connectivity index (χ2v) is 13.9. The maximum atomic E-state index is 6.94. The van der Waals surface area contributed by atoms with Crippen LogP contribution in [0.3, 0.4) is 0 Å². The minimum absolute atomic E-state index is 0.813. The van der Waals surface area contributed by atoms with Crippen molar-refractivity contribution in [3.8, 4) is 23.0 Å². The van der Waals surface area contributed by atoms with Crippen LogP contribution in [0.25, 0.3) is 21.5 Å². The maximum Gasteiger partial charge on any atom is 0.146 e. The molecule has 6 aromatic rings. The van der Waals surface area contributed by atoms with Gasteiger partial charge in [0.15, 0.2) is 0 Å². The van der Waals surface area contributed by atoms with Crippen molar-refractivity contribution in [1.29, 1.82) is 0 Å². The quantitative estimate of drug-likeness (QED) is 0.210. The van der Waals surface area contributed by atoms with E-state index < -0.39 is 6.04 Å². The van der Waals surface area contributed by atoms with Gasteiger partial charge < -0.3 is 14.4 Å². The van der Waals surface area contributed by atoms with Crippen molar-refractivity contribution >= 4 is 72.4 Å². The summed E-state index contributed by atoms with van der Waals surface area (Å²) < 4.78 is 13.5. The standard InChI is InChI=1S/C32H18NO2PS/c37-36-30-24-17-19-9-4-6-13-22(19)28(30)34-26-15-8-16-27(32(26)36)35-29-23-14-7-5-10-20(23)18-25(31(29)36)33(24)21-11-2-1-3-12-21/h1-18H. The van der Waals surface area contributed by atoms with Gasteiger partial charge in [0.25, 0.3) is 0 Å². The third-order valence-electron chi connectivity index (χ3n) is 7.74. The van der Waals surface area contributed by atoms with Gasteiger partial charge in [0.05, 0.1) is 33.3 Å². The first-order chi connectivity index (χ1) is 18.2. The highest BCUT2D eigenvalue weighted by Gasteiger charge is 2.50. The molecular formula is C32H18NO2PS. The smallest absolute Gasteiger partial charge is 0.146 e. The molecule has 0 aliphatic carbocycles. The highest BCUT2D eigenvalue weighted by molar-refractivity contribution is 8.26. The molecular weight excluding hydrogens is 493 g/mol. The Balaban J connectivity index is 1.55. The normalized spacial score (nSPS) is 15.2. The lowest BCUT2D eigenvalue weighted by Gasteiger charge is -2.46. The Morgan fingerprint density at radius 2 is 1.05 bits per heavy atom. The SMILES string of the molecule is S=P12c3c4cccc3Oc3c1c(cc1ccccc31)N(c1ccccc1)c1cc3ccccc3c(c12)O4. The molecule has 0 atom stereocenters. The number of benzene rings is 6. The highest BCUT2D eigenvalue weighted by Crippen LogP contribution is 2.66. The summed E-state index contributed by atoms with van der Waals surface area (Å²) in [6.45, 7) is 0. The summed E-state index contributed by atoms with van der Waals surface area (Å²) >= 11 is 6.94. The number of nitrogens with zero attached hydrogens (tertiary/aromatic N) is 1. The minimum Gasteiger partial charge on any atom is -0.455 e. The van der Waals surface area contributed by atoms with Gasteiger partial charge in [-0.05, 0) is 47.2 Å². The number of anilines is 3. The predicted molar refractivity (Wildman–Crippen MR) is 156 cm³/mol. The number of para-hydroxylation sites is 1. The van der Waals surface area contributed by atoms with Crippen molar-refractivity contribution in [2.24, 2.45) is 0 Å². The van der Waals surface area contributed by atoms with E-state index in [1.54, 1.807) is 0 Å². The lowest BCUT2D eigenvalue weighted by Crippen LogP contribution is -2.42. The topological polar surface area (TPSA) is 21.7 Å². The molecule has 0 radical (unpaired) electrons. The molecule has 0 N–H and O–H groups in total. The van der Waals surface area contributed by atoms with Gasteiger partial charge in [-0.1, -0.05) is 84.6 Å². The largest absolute Gasteiger partial charge is 0.455 e. The first-order valence-electron chi connectivity index (χ1n) is 12.3. The minimum atomic E-state index is -2.51. The zero-order valence-electron chi connectivity index (χ0n) is 19.5. The lowest BCUT2D eigenvalue weighted by atomic mass is 10.0. The van der Waals surface area contributed by atoms with E-state index in [2.05, 4.69) is 95.9 Å². The van der Waals surface area contributed by atoms with Gasteiger partial charge >= 0.3 is 0 Å². The Hall–Kier alpha value is -4.11. The van der Waals surface area contributed by atoms with Crippen LogP contribution in [-0.2, 0) is 11.8 Å². The zero-order valence-corrected chi connectivity index (χ0v) is 21.2. The fourth-order valence-electron chi connectivity index (χ4n) is 6.25. The highest BCUT2D eigenvalue weighted by atomic mass is 32.4. The molecule has 6 aromatic carbocycles. The molecule has 5 heteroatoms. The van der Waals surface area contributed by atoms with E-state index in [1.807, 2.05) is 18.2 Å². The van der Waals surface area contributed by atoms with E-state index in [1.165, 1.54) is 0 Å². The van der Waals surface area contributed by atoms with Gasteiger partial charge in [-0.2, -0.15) is 0 Å². The van der Waals surface area contributed by atoms with Crippen molar-refractivity contribution in [3.63, 3.8) is 0 Å². The second kappa shape index (κ2) is 6.80. The van der Waals surface area contributed by atoms with Crippen molar-refractivity contribution in [2.75, 3.05) is 4.90 Å². The maximum absolute atomic E-state index is 6.94. The predicted octanol–water partition coefficient (Wildman–Crippen LogP) is 7.74. The number of rotatable bonds is 1. The molecule has 37 heavy (non-hydrogen) atoms. The van der Waals surface area contributed by atoms with Crippen molar-refractivity contribution < 1.29 is 9.47 Å². The summed E-state index contributed by atoms with van der Waals surface area (Å²) in [6.07, 6.45) is 0. The molecule has 0 spiro atoms. The molecule has 0 unspecified atom stereocenters. The summed E-state index contributed by atoms with van der Waals surface area (Å²) in [5.74, 6) is 3.39. The summed E-state index contributed by atoms with van der Waals surface area (Å²) in [5, 5.41) is 7.73. The van der Waals surface area contributed by atoms with Gasteiger partial charge in [0.2, 0.25) is 0 Å². The number of ether oxygens (including phenoxy) is 2.